The number of carbonyl (C=O) groups is 2. The number of ether oxygens (including phenoxy) is 1. The van der Waals surface area contributed by atoms with Gasteiger partial charge in [0.2, 0.25) is 5.91 Å². The highest BCUT2D eigenvalue weighted by Crippen LogP contribution is 2.32. The molecule has 3 rings (SSSR count). The minimum absolute atomic E-state index is 0.175. The molecule has 146 valence electrons. The van der Waals surface area contributed by atoms with Gasteiger partial charge in [0.05, 0.1) is 26.4 Å². The van der Waals surface area contributed by atoms with Crippen molar-refractivity contribution in [3.05, 3.63) is 51.6 Å². The molecule has 0 spiro atoms. The molecule has 0 aliphatic carbocycles. The first kappa shape index (κ1) is 20.3. The average molecular weight is 435 g/mol. The van der Waals surface area contributed by atoms with E-state index in [4.69, 9.17) is 10.5 Å². The Kier molecular flexibility index (Phi) is 6.65. The number of carbonyl (C=O) groups excluding carboxylic acids is 2. The Bertz CT molecular complexity index is 1000. The number of anilines is 1. The maximum Gasteiger partial charge on any atom is 0.257 e. The van der Waals surface area contributed by atoms with Gasteiger partial charge in [-0.25, -0.2) is 9.97 Å². The Balaban J connectivity index is 1.62. The van der Waals surface area contributed by atoms with E-state index in [2.05, 4.69) is 15.3 Å². The number of amides is 2. The minimum Gasteiger partial charge on any atom is -0.487 e. The molecule has 0 aliphatic heterocycles. The van der Waals surface area contributed by atoms with Crippen LogP contribution >= 0.6 is 34.4 Å². The number of hydrogen-bond donors (Lipinski definition) is 2. The second-order valence-electron chi connectivity index (χ2n) is 5.78. The van der Waals surface area contributed by atoms with Gasteiger partial charge in [-0.2, -0.15) is 0 Å². The van der Waals surface area contributed by atoms with Crippen molar-refractivity contribution in [2.75, 3.05) is 11.1 Å². The van der Waals surface area contributed by atoms with Crippen LogP contribution in [0, 0.1) is 13.8 Å². The number of nitrogens with two attached hydrogens (primary N) is 1. The number of aryl methyl sites for hydroxylation is 2. The zero-order chi connectivity index (χ0) is 20.1. The quantitative estimate of drug-likeness (QED) is 0.524. The normalized spacial score (nSPS) is 10.6. The summed E-state index contributed by atoms with van der Waals surface area (Å²) in [6, 6.07) is 6.94. The van der Waals surface area contributed by atoms with Crippen molar-refractivity contribution in [1.82, 2.24) is 9.97 Å². The molecule has 2 amide bonds. The number of primary amides is 1. The zero-order valence-electron chi connectivity index (χ0n) is 15.2. The molecule has 3 aromatic rings. The fourth-order valence-corrected chi connectivity index (χ4v) is 4.70. The number of thioether (sulfide) groups is 1. The lowest BCUT2D eigenvalue weighted by molar-refractivity contribution is -0.115. The van der Waals surface area contributed by atoms with Crippen LogP contribution in [0.25, 0.3) is 0 Å². The van der Waals surface area contributed by atoms with E-state index < -0.39 is 5.91 Å². The summed E-state index contributed by atoms with van der Waals surface area (Å²) in [5, 5.41) is 6.19. The summed E-state index contributed by atoms with van der Waals surface area (Å²) in [4.78, 5) is 32.2. The first-order valence-electron chi connectivity index (χ1n) is 8.24. The minimum atomic E-state index is -0.395. The van der Waals surface area contributed by atoms with Crippen molar-refractivity contribution in [3.8, 4) is 5.75 Å². The highest BCUT2D eigenvalue weighted by Gasteiger charge is 2.13. The molecule has 7 nitrogen and oxygen atoms in total. The first-order chi connectivity index (χ1) is 13.4. The van der Waals surface area contributed by atoms with Crippen molar-refractivity contribution in [2.24, 2.45) is 5.73 Å². The van der Waals surface area contributed by atoms with E-state index in [9.17, 15) is 9.59 Å². The van der Waals surface area contributed by atoms with Crippen LogP contribution in [0.15, 0.2) is 33.9 Å². The standard InChI is InChI=1S/C18H18N4O3S3/c1-10-17(27-9-15(19)23)28-18(20-10)22-16(24)12-4-3-5-14(6-12)25-7-13-8-26-11(2)21-13/h3-6,8H,7,9H2,1-2H3,(H2,19,23)(H,20,22,24). The van der Waals surface area contributed by atoms with Crippen LogP contribution in [0.1, 0.15) is 26.8 Å². The molecule has 2 heterocycles. The number of aromatic nitrogens is 2. The smallest absolute Gasteiger partial charge is 0.257 e. The Morgan fingerprint density at radius 2 is 2.11 bits per heavy atom. The molecule has 0 radical (unpaired) electrons. The molecule has 2 aromatic heterocycles. The Hall–Kier alpha value is -2.43. The van der Waals surface area contributed by atoms with Crippen molar-refractivity contribution < 1.29 is 14.3 Å². The molecule has 0 saturated heterocycles. The zero-order valence-corrected chi connectivity index (χ0v) is 17.7. The molecule has 0 bridgehead atoms. The van der Waals surface area contributed by atoms with Gasteiger partial charge in [0.1, 0.15) is 12.4 Å². The van der Waals surface area contributed by atoms with Crippen LogP contribution in [-0.4, -0.2) is 27.5 Å². The second kappa shape index (κ2) is 9.18. The lowest BCUT2D eigenvalue weighted by Gasteiger charge is -2.07. The topological polar surface area (TPSA) is 107 Å². The summed E-state index contributed by atoms with van der Waals surface area (Å²) in [6.07, 6.45) is 0. The van der Waals surface area contributed by atoms with Gasteiger partial charge in [-0.05, 0) is 32.0 Å². The molecule has 0 saturated carbocycles. The fourth-order valence-electron chi connectivity index (χ4n) is 2.23. The van der Waals surface area contributed by atoms with Crippen LogP contribution < -0.4 is 15.8 Å². The van der Waals surface area contributed by atoms with Gasteiger partial charge in [0.25, 0.3) is 5.91 Å². The van der Waals surface area contributed by atoms with E-state index in [0.29, 0.717) is 23.1 Å². The number of hydrogen-bond acceptors (Lipinski definition) is 8. The Labute approximate surface area is 174 Å². The van der Waals surface area contributed by atoms with E-state index in [-0.39, 0.29) is 11.7 Å². The van der Waals surface area contributed by atoms with Gasteiger partial charge < -0.3 is 10.5 Å². The van der Waals surface area contributed by atoms with Gasteiger partial charge in [0, 0.05) is 10.9 Å². The highest BCUT2D eigenvalue weighted by molar-refractivity contribution is 8.01. The molecule has 3 N–H and O–H groups in total. The largest absolute Gasteiger partial charge is 0.487 e. The van der Waals surface area contributed by atoms with Gasteiger partial charge in [-0.1, -0.05) is 17.4 Å². The molecule has 0 aliphatic rings. The predicted octanol–water partition coefficient (Wildman–Crippen LogP) is 3.63. The number of thiazole rings is 2. The maximum atomic E-state index is 12.5. The van der Waals surface area contributed by atoms with Crippen molar-refractivity contribution in [2.45, 2.75) is 24.7 Å². The number of rotatable bonds is 8. The molecular weight excluding hydrogens is 416 g/mol. The molecule has 1 aromatic carbocycles. The third-order valence-electron chi connectivity index (χ3n) is 3.47. The van der Waals surface area contributed by atoms with Gasteiger partial charge in [-0.3, -0.25) is 14.9 Å². The number of benzene rings is 1. The number of nitrogens with zero attached hydrogens (tertiary/aromatic N) is 2. The highest BCUT2D eigenvalue weighted by atomic mass is 32.2. The third kappa shape index (κ3) is 5.54. The van der Waals surface area contributed by atoms with E-state index in [0.717, 1.165) is 20.6 Å². The van der Waals surface area contributed by atoms with Crippen LogP contribution in [0.4, 0.5) is 5.13 Å². The average Bonchev–Trinajstić information content (AvgIpc) is 3.23. The summed E-state index contributed by atoms with van der Waals surface area (Å²) < 4.78 is 6.58. The maximum absolute atomic E-state index is 12.5. The lowest BCUT2D eigenvalue weighted by atomic mass is 10.2. The first-order valence-corrected chi connectivity index (χ1v) is 10.9. The van der Waals surface area contributed by atoms with Crippen LogP contribution in [-0.2, 0) is 11.4 Å². The summed E-state index contributed by atoms with van der Waals surface area (Å²) in [5.74, 6) is 0.0865. The Morgan fingerprint density at radius 1 is 1.29 bits per heavy atom. The van der Waals surface area contributed by atoms with Crippen LogP contribution in [0.2, 0.25) is 0 Å². The molecule has 0 fully saturated rings. The predicted molar refractivity (Wildman–Crippen MR) is 112 cm³/mol. The van der Waals surface area contributed by atoms with Crippen LogP contribution in [0.3, 0.4) is 0 Å². The van der Waals surface area contributed by atoms with E-state index in [1.54, 1.807) is 35.6 Å². The van der Waals surface area contributed by atoms with E-state index in [1.165, 1.54) is 23.1 Å². The van der Waals surface area contributed by atoms with E-state index in [1.807, 2.05) is 19.2 Å². The van der Waals surface area contributed by atoms with Crippen molar-refractivity contribution in [3.63, 3.8) is 0 Å². The fraction of sp³-hybridized carbons (Fsp3) is 0.222. The van der Waals surface area contributed by atoms with Gasteiger partial charge in [-0.15, -0.1) is 23.1 Å². The summed E-state index contributed by atoms with van der Waals surface area (Å²) in [5.41, 5.74) is 7.24. The molecule has 10 heteroatoms. The van der Waals surface area contributed by atoms with Gasteiger partial charge in [0.15, 0.2) is 5.13 Å². The number of nitrogens with one attached hydrogen (secondary N) is 1. The summed E-state index contributed by atoms with van der Waals surface area (Å²) in [7, 11) is 0. The monoisotopic (exact) mass is 434 g/mol. The molecule has 0 unspecified atom stereocenters. The van der Waals surface area contributed by atoms with E-state index >= 15 is 0 Å². The van der Waals surface area contributed by atoms with Crippen LogP contribution in [0.5, 0.6) is 5.75 Å². The summed E-state index contributed by atoms with van der Waals surface area (Å²) in [6.45, 7) is 4.11. The Morgan fingerprint density at radius 3 is 2.82 bits per heavy atom. The van der Waals surface area contributed by atoms with Crippen molar-refractivity contribution in [1.29, 1.82) is 0 Å². The molecule has 0 atom stereocenters. The SMILES string of the molecule is Cc1nc(COc2cccc(C(=O)Nc3nc(C)c(SCC(N)=O)s3)c2)cs1. The molecule has 28 heavy (non-hydrogen) atoms. The lowest BCUT2D eigenvalue weighted by Crippen LogP contribution is -2.12. The van der Waals surface area contributed by atoms with Gasteiger partial charge >= 0.3 is 0 Å². The summed E-state index contributed by atoms with van der Waals surface area (Å²) >= 11 is 4.19. The van der Waals surface area contributed by atoms with Crippen molar-refractivity contribution >= 4 is 51.4 Å². The third-order valence-corrected chi connectivity index (χ3v) is 6.75. The second-order valence-corrected chi connectivity index (χ2v) is 9.08. The molecular formula is C18H18N4O3S3.